The summed E-state index contributed by atoms with van der Waals surface area (Å²) < 4.78 is 0. The van der Waals surface area contributed by atoms with Crippen molar-refractivity contribution in [3.8, 4) is 0 Å². The lowest BCUT2D eigenvalue weighted by Crippen LogP contribution is -2.31. The topological polar surface area (TPSA) is 45.1 Å². The van der Waals surface area contributed by atoms with Crippen molar-refractivity contribution in [3.05, 3.63) is 29.0 Å². The van der Waals surface area contributed by atoms with Crippen LogP contribution in [0.25, 0.3) is 0 Å². The molecule has 2 unspecified atom stereocenters. The van der Waals surface area contributed by atoms with Gasteiger partial charge in [-0.25, -0.2) is 4.98 Å². The van der Waals surface area contributed by atoms with Gasteiger partial charge in [0.05, 0.1) is 6.61 Å². The second-order valence-corrected chi connectivity index (χ2v) is 3.77. The highest BCUT2D eigenvalue weighted by atomic mass is 35.5. The molecule has 0 saturated heterocycles. The Hall–Kier alpha value is -0.640. The molecule has 0 aliphatic carbocycles. The third kappa shape index (κ3) is 3.25. The molecule has 1 heterocycles. The second-order valence-electron chi connectivity index (χ2n) is 3.38. The molecule has 1 aromatic heterocycles. The summed E-state index contributed by atoms with van der Waals surface area (Å²) >= 11 is 5.77. The molecule has 1 rings (SSSR count). The van der Waals surface area contributed by atoms with E-state index < -0.39 is 0 Å². The molecule has 0 fully saturated rings. The van der Waals surface area contributed by atoms with Gasteiger partial charge in [-0.05, 0) is 31.5 Å². The van der Waals surface area contributed by atoms with Crippen molar-refractivity contribution in [2.45, 2.75) is 25.9 Å². The van der Waals surface area contributed by atoms with Crippen LogP contribution in [0.4, 0.5) is 0 Å². The van der Waals surface area contributed by atoms with Crippen molar-refractivity contribution in [2.75, 3.05) is 6.61 Å². The third-order valence-corrected chi connectivity index (χ3v) is 2.27. The SMILES string of the molecule is CC(CO)NC(C)c1ccnc(Cl)c1. The van der Waals surface area contributed by atoms with E-state index >= 15 is 0 Å². The molecule has 0 aliphatic heterocycles. The molecule has 78 valence electrons. The van der Waals surface area contributed by atoms with Gasteiger partial charge in [-0.2, -0.15) is 0 Å². The molecule has 1 aromatic rings. The molecular formula is C10H15ClN2O. The Balaban J connectivity index is 2.64. The van der Waals surface area contributed by atoms with Gasteiger partial charge in [-0.1, -0.05) is 11.6 Å². The van der Waals surface area contributed by atoms with E-state index in [1.54, 1.807) is 6.20 Å². The first-order chi connectivity index (χ1) is 6.63. The minimum atomic E-state index is 0.0805. The molecule has 3 nitrogen and oxygen atoms in total. The quantitative estimate of drug-likeness (QED) is 0.751. The molecule has 2 N–H and O–H groups in total. The molecular weight excluding hydrogens is 200 g/mol. The van der Waals surface area contributed by atoms with E-state index in [0.717, 1.165) is 5.56 Å². The molecule has 0 radical (unpaired) electrons. The van der Waals surface area contributed by atoms with Gasteiger partial charge in [0.1, 0.15) is 5.15 Å². The lowest BCUT2D eigenvalue weighted by Gasteiger charge is -2.18. The monoisotopic (exact) mass is 214 g/mol. The van der Waals surface area contributed by atoms with Crippen molar-refractivity contribution in [1.29, 1.82) is 0 Å². The fourth-order valence-corrected chi connectivity index (χ4v) is 1.44. The Morgan fingerprint density at radius 3 is 2.86 bits per heavy atom. The normalized spacial score (nSPS) is 15.1. The summed E-state index contributed by atoms with van der Waals surface area (Å²) in [6, 6.07) is 3.98. The predicted molar refractivity (Wildman–Crippen MR) is 57.3 cm³/mol. The molecule has 14 heavy (non-hydrogen) atoms. The first-order valence-electron chi connectivity index (χ1n) is 4.62. The highest BCUT2D eigenvalue weighted by Crippen LogP contribution is 2.15. The van der Waals surface area contributed by atoms with Crippen LogP contribution in [0.15, 0.2) is 18.3 Å². The number of halogens is 1. The molecule has 2 atom stereocenters. The zero-order valence-corrected chi connectivity index (χ0v) is 9.12. The Bertz CT molecular complexity index is 293. The van der Waals surface area contributed by atoms with Crippen LogP contribution >= 0.6 is 11.6 Å². The van der Waals surface area contributed by atoms with Crippen molar-refractivity contribution >= 4 is 11.6 Å². The number of hydrogen-bond donors (Lipinski definition) is 2. The van der Waals surface area contributed by atoms with Crippen LogP contribution in [0.3, 0.4) is 0 Å². The molecule has 4 heteroatoms. The maximum absolute atomic E-state index is 8.88. The summed E-state index contributed by atoms with van der Waals surface area (Å²) in [4.78, 5) is 3.91. The highest BCUT2D eigenvalue weighted by Gasteiger charge is 2.08. The van der Waals surface area contributed by atoms with Gasteiger partial charge in [-0.3, -0.25) is 0 Å². The number of aliphatic hydroxyl groups is 1. The summed E-state index contributed by atoms with van der Waals surface area (Å²) in [5, 5.41) is 12.6. The van der Waals surface area contributed by atoms with Gasteiger partial charge in [0.2, 0.25) is 0 Å². The average Bonchev–Trinajstić information content (AvgIpc) is 2.17. The van der Waals surface area contributed by atoms with E-state index in [1.165, 1.54) is 0 Å². The van der Waals surface area contributed by atoms with Gasteiger partial charge in [-0.15, -0.1) is 0 Å². The second kappa shape index (κ2) is 5.29. The standard InChI is InChI=1S/C10H15ClN2O/c1-7(6-14)13-8(2)9-3-4-12-10(11)5-9/h3-5,7-8,13-14H,6H2,1-2H3. The van der Waals surface area contributed by atoms with E-state index in [1.807, 2.05) is 26.0 Å². The van der Waals surface area contributed by atoms with Crippen LogP contribution in [-0.4, -0.2) is 22.7 Å². The van der Waals surface area contributed by atoms with E-state index in [-0.39, 0.29) is 18.7 Å². The fraction of sp³-hybridized carbons (Fsp3) is 0.500. The van der Waals surface area contributed by atoms with Gasteiger partial charge >= 0.3 is 0 Å². The molecule has 0 aromatic carbocycles. The number of nitrogens with one attached hydrogen (secondary N) is 1. The van der Waals surface area contributed by atoms with Crippen LogP contribution in [0.5, 0.6) is 0 Å². The number of aromatic nitrogens is 1. The molecule has 0 spiro atoms. The van der Waals surface area contributed by atoms with E-state index in [0.29, 0.717) is 5.15 Å². The van der Waals surface area contributed by atoms with Crippen molar-refractivity contribution < 1.29 is 5.11 Å². The zero-order chi connectivity index (χ0) is 10.6. The summed E-state index contributed by atoms with van der Waals surface area (Å²) in [5.41, 5.74) is 1.07. The first-order valence-corrected chi connectivity index (χ1v) is 4.99. The van der Waals surface area contributed by atoms with E-state index in [4.69, 9.17) is 16.7 Å². The third-order valence-electron chi connectivity index (χ3n) is 2.06. The number of hydrogen-bond acceptors (Lipinski definition) is 3. The van der Waals surface area contributed by atoms with Crippen molar-refractivity contribution in [1.82, 2.24) is 10.3 Å². The van der Waals surface area contributed by atoms with Gasteiger partial charge < -0.3 is 10.4 Å². The van der Waals surface area contributed by atoms with Gasteiger partial charge in [0, 0.05) is 18.3 Å². The highest BCUT2D eigenvalue weighted by molar-refractivity contribution is 6.29. The van der Waals surface area contributed by atoms with Crippen LogP contribution in [-0.2, 0) is 0 Å². The maximum atomic E-state index is 8.88. The Labute approximate surface area is 89.1 Å². The Morgan fingerprint density at radius 1 is 1.57 bits per heavy atom. The van der Waals surface area contributed by atoms with Crippen LogP contribution in [0.1, 0.15) is 25.5 Å². The van der Waals surface area contributed by atoms with E-state index in [9.17, 15) is 0 Å². The Morgan fingerprint density at radius 2 is 2.29 bits per heavy atom. The fourth-order valence-electron chi connectivity index (χ4n) is 1.26. The zero-order valence-electron chi connectivity index (χ0n) is 8.37. The predicted octanol–water partition coefficient (Wildman–Crippen LogP) is 1.77. The Kier molecular flexibility index (Phi) is 4.32. The van der Waals surface area contributed by atoms with Gasteiger partial charge in [0.15, 0.2) is 0 Å². The summed E-state index contributed by atoms with van der Waals surface area (Å²) in [5.74, 6) is 0. The maximum Gasteiger partial charge on any atom is 0.129 e. The lowest BCUT2D eigenvalue weighted by atomic mass is 10.1. The molecule has 0 aliphatic rings. The van der Waals surface area contributed by atoms with Crippen LogP contribution < -0.4 is 5.32 Å². The van der Waals surface area contributed by atoms with E-state index in [2.05, 4.69) is 10.3 Å². The number of nitrogens with zero attached hydrogens (tertiary/aromatic N) is 1. The van der Waals surface area contributed by atoms with Crippen molar-refractivity contribution in [2.24, 2.45) is 0 Å². The average molecular weight is 215 g/mol. The molecule has 0 bridgehead atoms. The van der Waals surface area contributed by atoms with Gasteiger partial charge in [0.25, 0.3) is 0 Å². The summed E-state index contributed by atoms with van der Waals surface area (Å²) in [6.45, 7) is 4.08. The lowest BCUT2D eigenvalue weighted by molar-refractivity contribution is 0.243. The first kappa shape index (κ1) is 11.4. The number of aliphatic hydroxyl groups excluding tert-OH is 1. The molecule has 0 amide bonds. The summed E-state index contributed by atoms with van der Waals surface area (Å²) in [7, 11) is 0. The minimum absolute atomic E-state index is 0.0805. The number of pyridine rings is 1. The van der Waals surface area contributed by atoms with Crippen LogP contribution in [0.2, 0.25) is 5.15 Å². The molecule has 0 saturated carbocycles. The van der Waals surface area contributed by atoms with Crippen molar-refractivity contribution in [3.63, 3.8) is 0 Å². The summed E-state index contributed by atoms with van der Waals surface area (Å²) in [6.07, 6.45) is 1.68. The number of rotatable bonds is 4. The smallest absolute Gasteiger partial charge is 0.129 e. The largest absolute Gasteiger partial charge is 0.395 e. The minimum Gasteiger partial charge on any atom is -0.395 e. The van der Waals surface area contributed by atoms with Crippen LogP contribution in [0, 0.1) is 0 Å².